The molecule has 0 aliphatic heterocycles. The van der Waals surface area contributed by atoms with Gasteiger partial charge in [-0.3, -0.25) is 4.98 Å². The summed E-state index contributed by atoms with van der Waals surface area (Å²) < 4.78 is 51.7. The normalized spacial score (nSPS) is 13.3. The van der Waals surface area contributed by atoms with Crippen LogP contribution >= 0.6 is 0 Å². The average molecular weight is 285 g/mol. The first kappa shape index (κ1) is 14.5. The van der Waals surface area contributed by atoms with E-state index in [1.165, 1.54) is 12.3 Å². The minimum absolute atomic E-state index is 0.230. The van der Waals surface area contributed by atoms with Crippen molar-refractivity contribution >= 4 is 0 Å². The number of halogens is 4. The molecule has 1 atom stereocenters. The second kappa shape index (κ2) is 5.20. The smallest absolute Gasteiger partial charge is 0.383 e. The topological polar surface area (TPSA) is 33.1 Å². The van der Waals surface area contributed by atoms with Gasteiger partial charge in [-0.05, 0) is 19.1 Å². The van der Waals surface area contributed by atoms with Gasteiger partial charge >= 0.3 is 6.18 Å². The predicted molar refractivity (Wildman–Crippen MR) is 64.4 cm³/mol. The van der Waals surface area contributed by atoms with Crippen molar-refractivity contribution in [3.63, 3.8) is 0 Å². The summed E-state index contributed by atoms with van der Waals surface area (Å²) in [5, 5.41) is 10.0. The monoisotopic (exact) mass is 285 g/mol. The number of benzene rings is 1. The van der Waals surface area contributed by atoms with Gasteiger partial charge in [0.25, 0.3) is 0 Å². The van der Waals surface area contributed by atoms with Crippen LogP contribution in [0.1, 0.15) is 28.5 Å². The summed E-state index contributed by atoms with van der Waals surface area (Å²) in [7, 11) is 0. The third-order valence-corrected chi connectivity index (χ3v) is 2.88. The van der Waals surface area contributed by atoms with Gasteiger partial charge < -0.3 is 5.11 Å². The fraction of sp³-hybridized carbons (Fsp3) is 0.214. The van der Waals surface area contributed by atoms with Gasteiger partial charge in [0.2, 0.25) is 0 Å². The molecule has 0 amide bonds. The van der Waals surface area contributed by atoms with E-state index in [0.29, 0.717) is 11.8 Å². The number of aromatic nitrogens is 1. The van der Waals surface area contributed by atoms with E-state index in [-0.39, 0.29) is 5.56 Å². The minimum Gasteiger partial charge on any atom is -0.383 e. The van der Waals surface area contributed by atoms with Crippen LogP contribution in [0, 0.1) is 12.7 Å². The summed E-state index contributed by atoms with van der Waals surface area (Å²) in [6.07, 6.45) is -4.99. The summed E-state index contributed by atoms with van der Waals surface area (Å²) in [4.78, 5) is 3.92. The Balaban J connectivity index is 2.45. The van der Waals surface area contributed by atoms with Crippen LogP contribution < -0.4 is 0 Å². The fourth-order valence-corrected chi connectivity index (χ4v) is 1.80. The van der Waals surface area contributed by atoms with Crippen LogP contribution in [0.3, 0.4) is 0 Å². The maximum Gasteiger partial charge on any atom is 0.419 e. The van der Waals surface area contributed by atoms with E-state index in [2.05, 4.69) is 4.98 Å². The quantitative estimate of drug-likeness (QED) is 0.855. The second-order valence-electron chi connectivity index (χ2n) is 4.34. The summed E-state index contributed by atoms with van der Waals surface area (Å²) in [6, 6.07) is 5.90. The SMILES string of the molecule is Cc1ccc(C(O)c2cccc(C(F)(F)F)c2F)cn1. The van der Waals surface area contributed by atoms with E-state index in [0.717, 1.165) is 12.1 Å². The van der Waals surface area contributed by atoms with E-state index in [1.54, 1.807) is 13.0 Å². The number of pyridine rings is 1. The molecule has 0 fully saturated rings. The maximum atomic E-state index is 13.9. The van der Waals surface area contributed by atoms with Crippen molar-refractivity contribution in [2.24, 2.45) is 0 Å². The summed E-state index contributed by atoms with van der Waals surface area (Å²) >= 11 is 0. The Morgan fingerprint density at radius 3 is 2.40 bits per heavy atom. The molecule has 2 nitrogen and oxygen atoms in total. The van der Waals surface area contributed by atoms with Crippen molar-refractivity contribution in [1.29, 1.82) is 0 Å². The van der Waals surface area contributed by atoms with Crippen LogP contribution in [-0.4, -0.2) is 10.1 Å². The third-order valence-electron chi connectivity index (χ3n) is 2.88. The molecule has 0 radical (unpaired) electrons. The second-order valence-corrected chi connectivity index (χ2v) is 4.34. The van der Waals surface area contributed by atoms with Crippen LogP contribution in [0.25, 0.3) is 0 Å². The molecule has 2 aromatic rings. The first-order chi connectivity index (χ1) is 9.30. The lowest BCUT2D eigenvalue weighted by molar-refractivity contribution is -0.140. The molecule has 0 bridgehead atoms. The van der Waals surface area contributed by atoms with Gasteiger partial charge in [-0.15, -0.1) is 0 Å². The van der Waals surface area contributed by atoms with Gasteiger partial charge in [0.1, 0.15) is 11.9 Å². The van der Waals surface area contributed by atoms with Gasteiger partial charge in [0.15, 0.2) is 0 Å². The molecule has 0 aliphatic rings. The molecule has 1 aromatic heterocycles. The Labute approximate surface area is 112 Å². The molecule has 2 rings (SSSR count). The van der Waals surface area contributed by atoms with E-state index in [4.69, 9.17) is 0 Å². The Bertz CT molecular complexity index is 608. The first-order valence-corrected chi connectivity index (χ1v) is 5.77. The molecule has 0 saturated carbocycles. The maximum absolute atomic E-state index is 13.9. The van der Waals surface area contributed by atoms with Gasteiger partial charge in [0.05, 0.1) is 5.56 Å². The van der Waals surface area contributed by atoms with Gasteiger partial charge in [-0.25, -0.2) is 4.39 Å². The van der Waals surface area contributed by atoms with Crippen molar-refractivity contribution < 1.29 is 22.7 Å². The zero-order chi connectivity index (χ0) is 14.9. The van der Waals surface area contributed by atoms with Crippen molar-refractivity contribution in [2.75, 3.05) is 0 Å². The molecule has 6 heteroatoms. The third kappa shape index (κ3) is 2.80. The Kier molecular flexibility index (Phi) is 3.76. The van der Waals surface area contributed by atoms with Crippen LogP contribution in [-0.2, 0) is 6.18 Å². The molecule has 1 aromatic carbocycles. The van der Waals surface area contributed by atoms with Gasteiger partial charge in [0, 0.05) is 23.0 Å². The van der Waals surface area contributed by atoms with Crippen molar-refractivity contribution in [3.8, 4) is 0 Å². The lowest BCUT2D eigenvalue weighted by Gasteiger charge is -2.15. The van der Waals surface area contributed by atoms with E-state index in [1.807, 2.05) is 0 Å². The summed E-state index contributed by atoms with van der Waals surface area (Å²) in [5.74, 6) is -1.46. The zero-order valence-electron chi connectivity index (χ0n) is 10.4. The molecular weight excluding hydrogens is 274 g/mol. The molecule has 20 heavy (non-hydrogen) atoms. The fourth-order valence-electron chi connectivity index (χ4n) is 1.80. The van der Waals surface area contributed by atoms with E-state index >= 15 is 0 Å². The molecular formula is C14H11F4NO. The zero-order valence-corrected chi connectivity index (χ0v) is 10.4. The number of aliphatic hydroxyl groups excluding tert-OH is 1. The van der Waals surface area contributed by atoms with Crippen molar-refractivity contribution in [2.45, 2.75) is 19.2 Å². The largest absolute Gasteiger partial charge is 0.419 e. The Morgan fingerprint density at radius 1 is 1.15 bits per heavy atom. The predicted octanol–water partition coefficient (Wildman–Crippen LogP) is 3.63. The summed E-state index contributed by atoms with van der Waals surface area (Å²) in [5.41, 5.74) is -0.904. The number of nitrogens with zero attached hydrogens (tertiary/aromatic N) is 1. The highest BCUT2D eigenvalue weighted by atomic mass is 19.4. The van der Waals surface area contributed by atoms with Gasteiger partial charge in [-0.2, -0.15) is 13.2 Å². The van der Waals surface area contributed by atoms with Crippen LogP contribution in [0.4, 0.5) is 17.6 Å². The highest BCUT2D eigenvalue weighted by Gasteiger charge is 2.35. The number of rotatable bonds is 2. The molecule has 1 unspecified atom stereocenters. The van der Waals surface area contributed by atoms with Crippen LogP contribution in [0.5, 0.6) is 0 Å². The highest BCUT2D eigenvalue weighted by molar-refractivity contribution is 5.34. The molecule has 106 valence electrons. The average Bonchev–Trinajstić information content (AvgIpc) is 2.37. The molecule has 1 N–H and O–H groups in total. The van der Waals surface area contributed by atoms with E-state index < -0.39 is 29.2 Å². The Morgan fingerprint density at radius 2 is 1.85 bits per heavy atom. The van der Waals surface area contributed by atoms with Crippen molar-refractivity contribution in [1.82, 2.24) is 4.98 Å². The standard InChI is InChI=1S/C14H11F4NO/c1-8-5-6-9(7-19-8)13(20)10-3-2-4-11(12(10)15)14(16,17)18/h2-7,13,20H,1H3. The lowest BCUT2D eigenvalue weighted by atomic mass is 9.99. The molecule has 0 spiro atoms. The lowest BCUT2D eigenvalue weighted by Crippen LogP contribution is -2.12. The molecule has 0 aliphatic carbocycles. The van der Waals surface area contributed by atoms with E-state index in [9.17, 15) is 22.7 Å². The Hall–Kier alpha value is -1.95. The first-order valence-electron chi connectivity index (χ1n) is 5.77. The van der Waals surface area contributed by atoms with Crippen LogP contribution in [0.15, 0.2) is 36.5 Å². The molecule has 1 heterocycles. The number of aliphatic hydroxyl groups is 1. The molecule has 0 saturated heterocycles. The minimum atomic E-state index is -4.80. The summed E-state index contributed by atoms with van der Waals surface area (Å²) in [6.45, 7) is 1.72. The number of alkyl halides is 3. The number of hydrogen-bond acceptors (Lipinski definition) is 2. The van der Waals surface area contributed by atoms with Crippen LogP contribution in [0.2, 0.25) is 0 Å². The number of hydrogen-bond donors (Lipinski definition) is 1. The van der Waals surface area contributed by atoms with Gasteiger partial charge in [-0.1, -0.05) is 18.2 Å². The highest BCUT2D eigenvalue weighted by Crippen LogP contribution is 2.35. The van der Waals surface area contributed by atoms with Crippen molar-refractivity contribution in [3.05, 3.63) is 64.7 Å². The number of aryl methyl sites for hydroxylation is 1.